The standard InChI is InChI=1S/C46H83N5O11.C12H22O2.C3H9N/c1-12-17-47-37(52)29(22-30(38(53)48-18-13-2)24-34(44(61)62)28-36(46(9,10)11)41(56)51-21-16-5)23-32(42(57)58)26-33(43(59)60)25-31(39(54)49-19-14-3)27-35(45(6,7)8)40(55)50-20-15-4;1-11(2,3)8-7-9(10(13)14)12(4,5)6;1-2-3-4/h29-36H,12-28H2,1-11H3,(H,47,52)(H,48,53)(H,49,54)(H,50,55)(H,51,56)(H,57,58)(H,59,60)(H,61,62);9H,1,7-8H2,2-6H3;2-4H2,1H3/p+1. The van der Waals surface area contributed by atoms with Gasteiger partial charge in [0, 0.05) is 62.3 Å². The number of rotatable bonds is 37. The van der Waals surface area contributed by atoms with Gasteiger partial charge in [0.05, 0.1) is 36.0 Å². The quantitative estimate of drug-likeness (QED) is 0.0259. The summed E-state index contributed by atoms with van der Waals surface area (Å²) < 4.78 is 0. The van der Waals surface area contributed by atoms with E-state index in [-0.39, 0.29) is 80.2 Å². The Hall–Kier alpha value is -4.94. The molecule has 9 unspecified atom stereocenters. The first-order chi connectivity index (χ1) is 36.8. The van der Waals surface area contributed by atoms with Gasteiger partial charge in [-0.2, -0.15) is 0 Å². The maximum absolute atomic E-state index is 13.9. The van der Waals surface area contributed by atoms with Crippen LogP contribution in [0.4, 0.5) is 0 Å². The van der Waals surface area contributed by atoms with Crippen LogP contribution < -0.4 is 32.3 Å². The van der Waals surface area contributed by atoms with E-state index in [2.05, 4.69) is 40.4 Å². The number of nitrogens with one attached hydrogen (secondary N) is 5. The van der Waals surface area contributed by atoms with Crippen molar-refractivity contribution in [1.82, 2.24) is 26.6 Å². The fraction of sp³-hybridized carbons (Fsp3) is 0.836. The number of hydrogen-bond acceptors (Lipinski definition) is 10. The molecule has 0 heterocycles. The summed E-state index contributed by atoms with van der Waals surface area (Å²) in [5, 5.41) is 54.9. The Morgan fingerprint density at radius 3 is 0.812 bits per heavy atom. The molecule has 80 heavy (non-hydrogen) atoms. The number of carbonyl (C=O) groups excluding carboxylic acids is 5. The van der Waals surface area contributed by atoms with Crippen LogP contribution in [0.5, 0.6) is 0 Å². The zero-order valence-corrected chi connectivity index (χ0v) is 52.8. The Kier molecular flexibility index (Phi) is 39.9. The van der Waals surface area contributed by atoms with Crippen LogP contribution in [0.1, 0.15) is 214 Å². The number of carbonyl (C=O) groups is 9. The van der Waals surface area contributed by atoms with Gasteiger partial charge < -0.3 is 52.7 Å². The van der Waals surface area contributed by atoms with E-state index < -0.39 is 106 Å². The Balaban J connectivity index is -0.00000279. The summed E-state index contributed by atoms with van der Waals surface area (Å²) in [5.41, 5.74) is 3.60. The van der Waals surface area contributed by atoms with Crippen LogP contribution in [-0.4, -0.2) is 113 Å². The van der Waals surface area contributed by atoms with Gasteiger partial charge >= 0.3 is 23.9 Å². The zero-order chi connectivity index (χ0) is 62.8. The average molecular weight is 1140 g/mol. The van der Waals surface area contributed by atoms with Crippen molar-refractivity contribution in [1.29, 1.82) is 0 Å². The molecule has 466 valence electrons. The Bertz CT molecular complexity index is 1850. The monoisotopic (exact) mass is 1140 g/mol. The van der Waals surface area contributed by atoms with Gasteiger partial charge in [-0.15, -0.1) is 0 Å². The predicted octanol–water partition coefficient (Wildman–Crippen LogP) is 9.35. The number of amides is 5. The maximum atomic E-state index is 13.9. The third kappa shape index (κ3) is 35.0. The Morgan fingerprint density at radius 2 is 0.588 bits per heavy atom. The van der Waals surface area contributed by atoms with E-state index in [1.165, 1.54) is 0 Å². The molecule has 0 aromatic heterocycles. The molecule has 0 fully saturated rings. The van der Waals surface area contributed by atoms with Gasteiger partial charge in [0.2, 0.25) is 29.5 Å². The van der Waals surface area contributed by atoms with Crippen LogP contribution in [-0.2, 0) is 43.2 Å². The minimum absolute atomic E-state index is 0.0216. The lowest BCUT2D eigenvalue weighted by Crippen LogP contribution is -2.43. The van der Waals surface area contributed by atoms with Crippen LogP contribution >= 0.6 is 0 Å². The third-order valence-corrected chi connectivity index (χ3v) is 14.3. The van der Waals surface area contributed by atoms with Gasteiger partial charge in [-0.25, -0.2) is 0 Å². The fourth-order valence-electron chi connectivity index (χ4n) is 9.20. The highest BCUT2D eigenvalue weighted by Crippen LogP contribution is 2.39. The van der Waals surface area contributed by atoms with E-state index in [0.717, 1.165) is 19.4 Å². The summed E-state index contributed by atoms with van der Waals surface area (Å²) in [4.78, 5) is 118. The van der Waals surface area contributed by atoms with E-state index in [1.807, 2.05) is 111 Å². The molecule has 5 amide bonds. The second-order valence-electron chi connectivity index (χ2n) is 25.9. The summed E-state index contributed by atoms with van der Waals surface area (Å²) in [6, 6.07) is 0. The number of carboxylic acids is 4. The minimum Gasteiger partial charge on any atom is -0.481 e. The molecule has 0 rings (SSSR count). The summed E-state index contributed by atoms with van der Waals surface area (Å²) in [6.07, 6.45) is 4.13. The molecule has 19 heteroatoms. The third-order valence-electron chi connectivity index (χ3n) is 14.3. The lowest BCUT2D eigenvalue weighted by Gasteiger charge is -2.33. The second-order valence-corrected chi connectivity index (χ2v) is 25.9. The summed E-state index contributed by atoms with van der Waals surface area (Å²) in [5.74, 6) is -15.5. The molecule has 0 aromatic carbocycles. The molecular weight excluding hydrogens is 1020 g/mol. The smallest absolute Gasteiger partial charge is 0.307 e. The Labute approximate surface area is 482 Å². The van der Waals surface area contributed by atoms with E-state index in [0.29, 0.717) is 58.2 Å². The van der Waals surface area contributed by atoms with Crippen molar-refractivity contribution in [3.8, 4) is 0 Å². The highest BCUT2D eigenvalue weighted by atomic mass is 16.4. The van der Waals surface area contributed by atoms with Crippen molar-refractivity contribution < 1.29 is 63.6 Å². The molecule has 9 atom stereocenters. The van der Waals surface area contributed by atoms with Gasteiger partial charge in [0.1, 0.15) is 0 Å². The van der Waals surface area contributed by atoms with Gasteiger partial charge in [-0.05, 0) is 133 Å². The fourth-order valence-corrected chi connectivity index (χ4v) is 9.20. The van der Waals surface area contributed by atoms with Crippen molar-refractivity contribution in [2.45, 2.75) is 214 Å². The van der Waals surface area contributed by atoms with E-state index >= 15 is 0 Å². The number of carboxylic acid groups (broad SMARTS) is 4. The maximum Gasteiger partial charge on any atom is 0.307 e. The highest BCUT2D eigenvalue weighted by Gasteiger charge is 2.42. The molecule has 0 aromatic rings. The van der Waals surface area contributed by atoms with Crippen LogP contribution in [0.3, 0.4) is 0 Å². The molecule has 0 spiro atoms. The molecule has 0 saturated carbocycles. The first-order valence-corrected chi connectivity index (χ1v) is 29.7. The van der Waals surface area contributed by atoms with Gasteiger partial charge in [-0.1, -0.05) is 104 Å². The summed E-state index contributed by atoms with van der Waals surface area (Å²) in [6.45, 7) is 39.0. The first-order valence-electron chi connectivity index (χ1n) is 29.7. The van der Waals surface area contributed by atoms with Crippen LogP contribution in [0, 0.1) is 81.8 Å². The van der Waals surface area contributed by atoms with E-state index in [4.69, 9.17) is 10.8 Å². The molecule has 0 saturated heterocycles. The Morgan fingerprint density at radius 1 is 0.362 bits per heavy atom. The number of nitrogens with two attached hydrogens (primary N) is 1. The van der Waals surface area contributed by atoms with Crippen molar-refractivity contribution >= 4 is 53.4 Å². The second kappa shape index (κ2) is 40.3. The zero-order valence-electron chi connectivity index (χ0n) is 52.8. The van der Waals surface area contributed by atoms with Crippen LogP contribution in [0.2, 0.25) is 0 Å². The van der Waals surface area contributed by atoms with Crippen molar-refractivity contribution in [3.05, 3.63) is 6.92 Å². The van der Waals surface area contributed by atoms with Crippen LogP contribution in [0.25, 0.3) is 0 Å². The summed E-state index contributed by atoms with van der Waals surface area (Å²) in [7, 11) is 0. The number of hydrogen-bond donors (Lipinski definition) is 10. The molecule has 0 bridgehead atoms. The van der Waals surface area contributed by atoms with Crippen molar-refractivity contribution in [3.63, 3.8) is 0 Å². The van der Waals surface area contributed by atoms with E-state index in [9.17, 15) is 58.5 Å². The van der Waals surface area contributed by atoms with Gasteiger partial charge in [0.15, 0.2) is 0 Å². The average Bonchev–Trinajstić information content (AvgIpc) is 3.34. The predicted molar refractivity (Wildman–Crippen MR) is 317 cm³/mol. The lowest BCUT2D eigenvalue weighted by molar-refractivity contribution is -0.148. The first kappa shape index (κ1) is 79.3. The van der Waals surface area contributed by atoms with Gasteiger partial charge in [0.25, 0.3) is 0 Å². The van der Waals surface area contributed by atoms with Crippen LogP contribution in [0.15, 0.2) is 0 Å². The van der Waals surface area contributed by atoms with Crippen molar-refractivity contribution in [2.75, 3.05) is 39.3 Å². The molecule has 19 nitrogen and oxygen atoms in total. The highest BCUT2D eigenvalue weighted by molar-refractivity contribution is 5.85. The summed E-state index contributed by atoms with van der Waals surface area (Å²) >= 11 is 0. The number of aliphatic carboxylic acids is 4. The largest absolute Gasteiger partial charge is 0.481 e. The lowest BCUT2D eigenvalue weighted by atomic mass is 9.72. The molecule has 0 aliphatic carbocycles. The van der Waals surface area contributed by atoms with Crippen molar-refractivity contribution in [2.24, 2.45) is 80.7 Å². The molecule has 0 radical (unpaired) electrons. The molecule has 0 aliphatic rings. The molecule has 11 N–H and O–H groups in total. The van der Waals surface area contributed by atoms with E-state index in [1.54, 1.807) is 0 Å². The SMILES string of the molecule is CCCN.CCCNC(=O)C(CC(CC(CC(CC(C(=O)NCCC)C(C)(C)C)C(=O)NCCC)C(=O)O)C(=O)O)CC(CC(CC(C(=O)NCCC)C(C)(C)C)C(=O)O)C(=O)NCCC.[CH2+]C(C)(C)CCC(C(=O)O)C(C)(C)C. The normalized spacial score (nSPS) is 15.2. The molecular formula is C61H115N6O13+. The topological polar surface area (TPSA) is 321 Å². The van der Waals surface area contributed by atoms with Gasteiger partial charge in [-0.3, -0.25) is 43.2 Å². The minimum atomic E-state index is -1.42. The molecule has 0 aliphatic heterocycles.